The third-order valence-corrected chi connectivity index (χ3v) is 5.78. The van der Waals surface area contributed by atoms with Crippen molar-refractivity contribution in [3.05, 3.63) is 102 Å². The molecule has 0 aromatic heterocycles. The molecule has 3 aromatic carbocycles. The predicted molar refractivity (Wildman–Crippen MR) is 125 cm³/mol. The number of carbonyl (C=O) groups is 2. The van der Waals surface area contributed by atoms with Crippen molar-refractivity contribution in [2.24, 2.45) is 0 Å². The zero-order valence-electron chi connectivity index (χ0n) is 18.1. The molecule has 3 aromatic rings. The molecule has 0 radical (unpaired) electrons. The number of amides is 1. The van der Waals surface area contributed by atoms with Crippen molar-refractivity contribution < 1.29 is 14.3 Å². The molecular formula is C27H28N2O3. The van der Waals surface area contributed by atoms with Gasteiger partial charge in [-0.1, -0.05) is 66.7 Å². The van der Waals surface area contributed by atoms with Crippen LogP contribution in [0.2, 0.25) is 0 Å². The van der Waals surface area contributed by atoms with Gasteiger partial charge in [-0.15, -0.1) is 0 Å². The number of rotatable bonds is 7. The minimum absolute atomic E-state index is 0.136. The van der Waals surface area contributed by atoms with Gasteiger partial charge in [0.05, 0.1) is 5.56 Å². The molecule has 1 heterocycles. The molecule has 5 heteroatoms. The summed E-state index contributed by atoms with van der Waals surface area (Å²) in [5.41, 5.74) is 2.60. The van der Waals surface area contributed by atoms with Crippen LogP contribution in [0.25, 0.3) is 0 Å². The highest BCUT2D eigenvalue weighted by Gasteiger charge is 2.26. The van der Waals surface area contributed by atoms with Gasteiger partial charge in [-0.3, -0.25) is 4.79 Å². The van der Waals surface area contributed by atoms with Crippen LogP contribution in [0.5, 0.6) is 5.75 Å². The summed E-state index contributed by atoms with van der Waals surface area (Å²) in [6.45, 7) is 2.31. The molecule has 4 rings (SSSR count). The van der Waals surface area contributed by atoms with Crippen LogP contribution in [0, 0.1) is 0 Å². The number of ether oxygens (including phenoxy) is 1. The average Bonchev–Trinajstić information content (AvgIpc) is 2.85. The van der Waals surface area contributed by atoms with Gasteiger partial charge in [0, 0.05) is 32.1 Å². The van der Waals surface area contributed by atoms with Crippen LogP contribution < -0.4 is 10.1 Å². The van der Waals surface area contributed by atoms with Crippen molar-refractivity contribution in [3.8, 4) is 5.75 Å². The van der Waals surface area contributed by atoms with Crippen molar-refractivity contribution in [3.63, 3.8) is 0 Å². The zero-order chi connectivity index (χ0) is 22.2. The lowest BCUT2D eigenvalue weighted by molar-refractivity contribution is -0.134. The quantitative estimate of drug-likeness (QED) is 0.458. The van der Waals surface area contributed by atoms with Gasteiger partial charge in [0.15, 0.2) is 0 Å². The third kappa shape index (κ3) is 5.62. The number of para-hydroxylation sites is 1. The second kappa shape index (κ2) is 10.7. The maximum absolute atomic E-state index is 13.1. The highest BCUT2D eigenvalue weighted by molar-refractivity contribution is 5.91. The van der Waals surface area contributed by atoms with E-state index < -0.39 is 5.97 Å². The molecule has 0 saturated carbocycles. The maximum Gasteiger partial charge on any atom is 0.343 e. The molecular weight excluding hydrogens is 400 g/mol. The van der Waals surface area contributed by atoms with E-state index in [0.717, 1.165) is 25.1 Å². The largest absolute Gasteiger partial charge is 0.423 e. The fourth-order valence-electron chi connectivity index (χ4n) is 4.09. The molecule has 0 aliphatic carbocycles. The van der Waals surface area contributed by atoms with E-state index in [9.17, 15) is 9.59 Å². The highest BCUT2D eigenvalue weighted by Crippen LogP contribution is 2.22. The Morgan fingerprint density at radius 3 is 2.38 bits per heavy atom. The summed E-state index contributed by atoms with van der Waals surface area (Å²) in [5.74, 6) is 0.251. The molecule has 5 nitrogen and oxygen atoms in total. The first kappa shape index (κ1) is 21.8. The van der Waals surface area contributed by atoms with Crippen molar-refractivity contribution in [1.29, 1.82) is 0 Å². The van der Waals surface area contributed by atoms with Crippen LogP contribution in [-0.2, 0) is 17.6 Å². The number of nitrogens with zero attached hydrogens (tertiary/aromatic N) is 1. The monoisotopic (exact) mass is 428 g/mol. The lowest BCUT2D eigenvalue weighted by Gasteiger charge is -2.36. The molecule has 0 spiro atoms. The van der Waals surface area contributed by atoms with Crippen molar-refractivity contribution >= 4 is 11.9 Å². The van der Waals surface area contributed by atoms with Gasteiger partial charge in [0.1, 0.15) is 5.75 Å². The van der Waals surface area contributed by atoms with Crippen molar-refractivity contribution in [2.75, 3.05) is 19.6 Å². The predicted octanol–water partition coefficient (Wildman–Crippen LogP) is 3.88. The van der Waals surface area contributed by atoms with Crippen molar-refractivity contribution in [1.82, 2.24) is 10.2 Å². The van der Waals surface area contributed by atoms with E-state index in [-0.39, 0.29) is 11.9 Å². The second-order valence-electron chi connectivity index (χ2n) is 8.00. The molecule has 32 heavy (non-hydrogen) atoms. The van der Waals surface area contributed by atoms with E-state index in [0.29, 0.717) is 30.7 Å². The Morgan fingerprint density at radius 2 is 1.59 bits per heavy atom. The SMILES string of the molecule is O=C(Oc1ccccc1CCC(=O)N1CCNC[C@H]1Cc1ccccc1)c1ccccc1. The van der Waals surface area contributed by atoms with Gasteiger partial charge in [0.25, 0.3) is 0 Å². The van der Waals surface area contributed by atoms with E-state index in [1.54, 1.807) is 30.3 Å². The lowest BCUT2D eigenvalue weighted by atomic mass is 10.0. The summed E-state index contributed by atoms with van der Waals surface area (Å²) in [6.07, 6.45) is 1.75. The Kier molecular flexibility index (Phi) is 7.31. The van der Waals surface area contributed by atoms with Gasteiger partial charge in [-0.05, 0) is 42.2 Å². The maximum atomic E-state index is 13.1. The summed E-state index contributed by atoms with van der Waals surface area (Å²) in [7, 11) is 0. The minimum atomic E-state index is -0.394. The van der Waals surface area contributed by atoms with Crippen LogP contribution in [0.1, 0.15) is 27.9 Å². The third-order valence-electron chi connectivity index (χ3n) is 5.78. The first-order chi connectivity index (χ1) is 15.7. The number of benzene rings is 3. The number of piperazine rings is 1. The lowest BCUT2D eigenvalue weighted by Crippen LogP contribution is -2.54. The zero-order valence-corrected chi connectivity index (χ0v) is 18.1. The minimum Gasteiger partial charge on any atom is -0.423 e. The van der Waals surface area contributed by atoms with Gasteiger partial charge in [-0.25, -0.2) is 4.79 Å². The van der Waals surface area contributed by atoms with Crippen LogP contribution in [0.3, 0.4) is 0 Å². The molecule has 1 saturated heterocycles. The van der Waals surface area contributed by atoms with E-state index in [1.807, 2.05) is 47.4 Å². The van der Waals surface area contributed by atoms with Gasteiger partial charge in [0.2, 0.25) is 5.91 Å². The number of hydrogen-bond donors (Lipinski definition) is 1. The second-order valence-corrected chi connectivity index (χ2v) is 8.00. The molecule has 1 fully saturated rings. The number of hydrogen-bond acceptors (Lipinski definition) is 4. The van der Waals surface area contributed by atoms with E-state index in [1.165, 1.54) is 5.56 Å². The number of nitrogens with one attached hydrogen (secondary N) is 1. The standard InChI is InChI=1S/C27H28N2O3/c30-26(29-18-17-28-20-24(29)19-21-9-3-1-4-10-21)16-15-22-11-7-8-14-25(22)32-27(31)23-12-5-2-6-13-23/h1-14,24,28H,15-20H2/t24-/m1/s1. The van der Waals surface area contributed by atoms with Gasteiger partial charge < -0.3 is 15.0 Å². The number of carbonyl (C=O) groups excluding carboxylic acids is 2. The Labute approximate surface area is 189 Å². The first-order valence-corrected chi connectivity index (χ1v) is 11.1. The topological polar surface area (TPSA) is 58.6 Å². The van der Waals surface area contributed by atoms with Crippen LogP contribution >= 0.6 is 0 Å². The Hall–Kier alpha value is -3.44. The Bertz CT molecular complexity index is 1040. The molecule has 0 bridgehead atoms. The van der Waals surface area contributed by atoms with Crippen LogP contribution in [-0.4, -0.2) is 42.5 Å². The summed E-state index contributed by atoms with van der Waals surface area (Å²) < 4.78 is 5.64. The average molecular weight is 429 g/mol. The van der Waals surface area contributed by atoms with Gasteiger partial charge >= 0.3 is 5.97 Å². The smallest absolute Gasteiger partial charge is 0.343 e. The number of esters is 1. The number of aryl methyl sites for hydroxylation is 1. The molecule has 0 unspecified atom stereocenters. The normalized spacial score (nSPS) is 15.9. The molecule has 1 aliphatic heterocycles. The van der Waals surface area contributed by atoms with E-state index in [2.05, 4.69) is 17.4 Å². The molecule has 164 valence electrons. The molecule has 1 atom stereocenters. The fourth-order valence-corrected chi connectivity index (χ4v) is 4.09. The Morgan fingerprint density at radius 1 is 0.906 bits per heavy atom. The summed E-state index contributed by atoms with van der Waals surface area (Å²) in [6, 6.07) is 26.8. The highest BCUT2D eigenvalue weighted by atomic mass is 16.5. The van der Waals surface area contributed by atoms with E-state index in [4.69, 9.17) is 4.74 Å². The van der Waals surface area contributed by atoms with E-state index >= 15 is 0 Å². The van der Waals surface area contributed by atoms with Crippen LogP contribution in [0.4, 0.5) is 0 Å². The molecule has 1 amide bonds. The molecule has 1 aliphatic rings. The molecule has 1 N–H and O–H groups in total. The Balaban J connectivity index is 1.39. The fraction of sp³-hybridized carbons (Fsp3) is 0.259. The summed E-state index contributed by atoms with van der Waals surface area (Å²) in [5, 5.41) is 3.41. The van der Waals surface area contributed by atoms with Gasteiger partial charge in [-0.2, -0.15) is 0 Å². The van der Waals surface area contributed by atoms with Crippen molar-refractivity contribution in [2.45, 2.75) is 25.3 Å². The first-order valence-electron chi connectivity index (χ1n) is 11.1. The summed E-state index contributed by atoms with van der Waals surface area (Å²) >= 11 is 0. The summed E-state index contributed by atoms with van der Waals surface area (Å²) in [4.78, 5) is 27.6. The van der Waals surface area contributed by atoms with Crippen LogP contribution in [0.15, 0.2) is 84.9 Å².